The van der Waals surface area contributed by atoms with Crippen molar-refractivity contribution in [1.29, 1.82) is 5.26 Å². The van der Waals surface area contributed by atoms with E-state index >= 15 is 0 Å². The molecule has 0 saturated carbocycles. The molecule has 0 fully saturated rings. The van der Waals surface area contributed by atoms with Crippen LogP contribution in [0.25, 0.3) is 0 Å². The first kappa shape index (κ1) is 8.32. The first-order valence-corrected chi connectivity index (χ1v) is 3.09. The average molecular weight is 139 g/mol. The van der Waals surface area contributed by atoms with Crippen LogP contribution in [0.1, 0.15) is 13.8 Å². The zero-order chi connectivity index (χ0) is 7.28. The number of hydrogen-bond donors (Lipinski definition) is 1. The monoisotopic (exact) mass is 139 g/mol. The smallest absolute Gasteiger partial charge is 0.0999 e. The summed E-state index contributed by atoms with van der Waals surface area (Å²) in [6.07, 6.45) is 3.56. The molecule has 0 N–H and O–H groups in total. The summed E-state index contributed by atoms with van der Waals surface area (Å²) < 4.78 is 0. The zero-order valence-electron chi connectivity index (χ0n) is 5.55. The third-order valence-electron chi connectivity index (χ3n) is 0.844. The summed E-state index contributed by atoms with van der Waals surface area (Å²) >= 11 is 4.01. The third-order valence-corrected chi connectivity index (χ3v) is 1.08. The molecule has 0 aliphatic heterocycles. The minimum atomic E-state index is 0.626. The van der Waals surface area contributed by atoms with E-state index in [1.54, 1.807) is 13.0 Å². The second kappa shape index (κ2) is 4.22. The lowest BCUT2D eigenvalue weighted by atomic mass is 10.2. The highest BCUT2D eigenvalue weighted by Crippen LogP contribution is 2.07. The third kappa shape index (κ3) is 2.99. The average Bonchev–Trinajstić information content (AvgIpc) is 1.82. The van der Waals surface area contributed by atoms with Gasteiger partial charge in [-0.25, -0.2) is 0 Å². The van der Waals surface area contributed by atoms with E-state index in [9.17, 15) is 0 Å². The van der Waals surface area contributed by atoms with E-state index in [1.165, 1.54) is 0 Å². The van der Waals surface area contributed by atoms with Crippen molar-refractivity contribution < 1.29 is 0 Å². The van der Waals surface area contributed by atoms with Gasteiger partial charge in [0.25, 0.3) is 0 Å². The predicted octanol–water partition coefficient (Wildman–Crippen LogP) is 2.29. The minimum absolute atomic E-state index is 0.626. The summed E-state index contributed by atoms with van der Waals surface area (Å²) in [5, 5.41) is 8.42. The van der Waals surface area contributed by atoms with E-state index in [0.717, 1.165) is 4.91 Å². The van der Waals surface area contributed by atoms with E-state index in [0.29, 0.717) is 5.57 Å². The number of nitriles is 1. The minimum Gasteiger partial charge on any atom is -0.192 e. The maximum absolute atomic E-state index is 8.42. The van der Waals surface area contributed by atoms with Crippen molar-refractivity contribution in [1.82, 2.24) is 0 Å². The molecular weight excluding hydrogens is 130 g/mol. The van der Waals surface area contributed by atoms with Crippen LogP contribution in [0.2, 0.25) is 0 Å². The van der Waals surface area contributed by atoms with Gasteiger partial charge in [0, 0.05) is 0 Å². The molecule has 0 heterocycles. The highest BCUT2D eigenvalue weighted by atomic mass is 32.1. The largest absolute Gasteiger partial charge is 0.192 e. The van der Waals surface area contributed by atoms with E-state index in [4.69, 9.17) is 5.26 Å². The molecule has 0 aromatic carbocycles. The van der Waals surface area contributed by atoms with Crippen molar-refractivity contribution in [2.45, 2.75) is 13.8 Å². The van der Waals surface area contributed by atoms with Gasteiger partial charge in [-0.15, -0.1) is 12.6 Å². The van der Waals surface area contributed by atoms with Gasteiger partial charge in [0.2, 0.25) is 0 Å². The van der Waals surface area contributed by atoms with Crippen LogP contribution in [-0.4, -0.2) is 0 Å². The maximum atomic E-state index is 8.42. The second-order valence-corrected chi connectivity index (χ2v) is 2.28. The molecule has 2 heteroatoms. The number of hydrogen-bond acceptors (Lipinski definition) is 2. The molecule has 0 atom stereocenters. The summed E-state index contributed by atoms with van der Waals surface area (Å²) in [6.45, 7) is 3.66. The summed E-state index contributed by atoms with van der Waals surface area (Å²) in [7, 11) is 0. The Labute approximate surface area is 61.1 Å². The number of nitrogens with zero attached hydrogens (tertiary/aromatic N) is 1. The Bertz CT molecular complexity index is 180. The van der Waals surface area contributed by atoms with Gasteiger partial charge in [0.1, 0.15) is 0 Å². The molecule has 0 aromatic heterocycles. The first-order valence-electron chi connectivity index (χ1n) is 2.65. The lowest BCUT2D eigenvalue weighted by molar-refractivity contribution is 1.47. The van der Waals surface area contributed by atoms with Crippen molar-refractivity contribution in [3.8, 4) is 6.07 Å². The zero-order valence-corrected chi connectivity index (χ0v) is 6.44. The van der Waals surface area contributed by atoms with Gasteiger partial charge in [-0.3, -0.25) is 0 Å². The SMILES string of the molecule is C/C=C/C(C#N)=C(/C)S. The van der Waals surface area contributed by atoms with Crippen molar-refractivity contribution in [2.75, 3.05) is 0 Å². The van der Waals surface area contributed by atoms with Gasteiger partial charge in [-0.1, -0.05) is 6.08 Å². The molecule has 0 rings (SSSR count). The molecule has 0 aromatic rings. The van der Waals surface area contributed by atoms with E-state index in [2.05, 4.69) is 12.6 Å². The number of thiol groups is 1. The van der Waals surface area contributed by atoms with Crippen LogP contribution in [0.15, 0.2) is 22.6 Å². The Morgan fingerprint density at radius 3 is 2.33 bits per heavy atom. The molecule has 0 aliphatic carbocycles. The fraction of sp³-hybridized carbons (Fsp3) is 0.286. The topological polar surface area (TPSA) is 23.8 Å². The van der Waals surface area contributed by atoms with Gasteiger partial charge in [-0.05, 0) is 24.8 Å². The lowest BCUT2D eigenvalue weighted by Gasteiger charge is -1.87. The van der Waals surface area contributed by atoms with Crippen molar-refractivity contribution in [3.63, 3.8) is 0 Å². The molecule has 0 amide bonds. The molecule has 48 valence electrons. The Morgan fingerprint density at radius 1 is 1.67 bits per heavy atom. The number of allylic oxidation sites excluding steroid dienone is 4. The van der Waals surface area contributed by atoms with Crippen molar-refractivity contribution >= 4 is 12.6 Å². The summed E-state index contributed by atoms with van der Waals surface area (Å²) in [4.78, 5) is 0.760. The van der Waals surface area contributed by atoms with Gasteiger partial charge < -0.3 is 0 Å². The second-order valence-electron chi connectivity index (χ2n) is 1.61. The van der Waals surface area contributed by atoms with Crippen LogP contribution in [0.3, 0.4) is 0 Å². The summed E-state index contributed by atoms with van der Waals surface area (Å²) in [5.74, 6) is 0. The van der Waals surface area contributed by atoms with Crippen molar-refractivity contribution in [2.24, 2.45) is 0 Å². The van der Waals surface area contributed by atoms with E-state index in [-0.39, 0.29) is 0 Å². The van der Waals surface area contributed by atoms with Crippen LogP contribution in [0, 0.1) is 11.3 Å². The highest BCUT2D eigenvalue weighted by Gasteiger charge is 1.89. The van der Waals surface area contributed by atoms with E-state index < -0.39 is 0 Å². The van der Waals surface area contributed by atoms with Crippen LogP contribution in [0.5, 0.6) is 0 Å². The lowest BCUT2D eigenvalue weighted by Crippen LogP contribution is -1.72. The van der Waals surface area contributed by atoms with E-state index in [1.807, 2.05) is 19.1 Å². The van der Waals surface area contributed by atoms with Crippen LogP contribution < -0.4 is 0 Å². The molecule has 0 unspecified atom stereocenters. The predicted molar refractivity (Wildman–Crippen MR) is 42.1 cm³/mol. The van der Waals surface area contributed by atoms with Gasteiger partial charge in [-0.2, -0.15) is 5.26 Å². The molecular formula is C7H9NS. The maximum Gasteiger partial charge on any atom is 0.0999 e. The van der Waals surface area contributed by atoms with Gasteiger partial charge >= 0.3 is 0 Å². The summed E-state index contributed by atoms with van der Waals surface area (Å²) in [6, 6.07) is 2.02. The molecule has 0 spiro atoms. The Balaban J connectivity index is 4.41. The normalized spacial score (nSPS) is 13.1. The fourth-order valence-corrected chi connectivity index (χ4v) is 0.530. The van der Waals surface area contributed by atoms with Crippen LogP contribution >= 0.6 is 12.6 Å². The van der Waals surface area contributed by atoms with Crippen LogP contribution in [0.4, 0.5) is 0 Å². The molecule has 1 nitrogen and oxygen atoms in total. The Morgan fingerprint density at radius 2 is 2.22 bits per heavy atom. The van der Waals surface area contributed by atoms with Crippen molar-refractivity contribution in [3.05, 3.63) is 22.6 Å². The molecule has 0 bridgehead atoms. The Kier molecular flexibility index (Phi) is 3.90. The molecule has 0 saturated heterocycles. The molecule has 0 radical (unpaired) electrons. The Hall–Kier alpha value is -0.680. The van der Waals surface area contributed by atoms with Crippen LogP contribution in [-0.2, 0) is 0 Å². The quantitative estimate of drug-likeness (QED) is 0.336. The first-order chi connectivity index (χ1) is 4.22. The van der Waals surface area contributed by atoms with Gasteiger partial charge in [0.15, 0.2) is 0 Å². The standard InChI is InChI=1S/C7H9NS/c1-3-4-7(5-8)6(2)9/h3-4,9H,1-2H3/b4-3+,7-6+. The number of rotatable bonds is 1. The molecule has 0 aliphatic rings. The highest BCUT2D eigenvalue weighted by molar-refractivity contribution is 7.84. The molecule has 9 heavy (non-hydrogen) atoms. The summed E-state index contributed by atoms with van der Waals surface area (Å²) in [5.41, 5.74) is 0.626. The van der Waals surface area contributed by atoms with Gasteiger partial charge in [0.05, 0.1) is 11.6 Å². The fourth-order valence-electron chi connectivity index (χ4n) is 0.405.